The number of fused-ring (bicyclic) bond motifs is 1. The highest BCUT2D eigenvalue weighted by Gasteiger charge is 2.42. The van der Waals surface area contributed by atoms with Gasteiger partial charge < -0.3 is 9.47 Å². The Labute approximate surface area is 95.4 Å². The van der Waals surface area contributed by atoms with E-state index in [2.05, 4.69) is 0 Å². The summed E-state index contributed by atoms with van der Waals surface area (Å²) in [7, 11) is 3.09. The second kappa shape index (κ2) is 3.81. The molecule has 0 radical (unpaired) electrons. The maximum atomic E-state index is 11.8. The van der Waals surface area contributed by atoms with Crippen LogP contribution in [0.3, 0.4) is 0 Å². The Hall–Kier alpha value is -1.51. The largest absolute Gasteiger partial charge is 0.497 e. The van der Waals surface area contributed by atoms with E-state index < -0.39 is 5.41 Å². The van der Waals surface area contributed by atoms with Crippen LogP contribution in [0, 0.1) is 0 Å². The third kappa shape index (κ3) is 1.47. The fourth-order valence-electron chi connectivity index (χ4n) is 2.40. The zero-order valence-electron chi connectivity index (χ0n) is 9.87. The van der Waals surface area contributed by atoms with Crippen LogP contribution in [0.15, 0.2) is 18.2 Å². The van der Waals surface area contributed by atoms with Gasteiger partial charge in [0.05, 0.1) is 19.6 Å². The van der Waals surface area contributed by atoms with Crippen LogP contribution in [0.5, 0.6) is 5.75 Å². The number of ether oxygens (including phenoxy) is 2. The normalized spacial score (nSPS) is 22.7. The van der Waals surface area contributed by atoms with Crippen molar-refractivity contribution in [2.75, 3.05) is 14.2 Å². The van der Waals surface area contributed by atoms with Gasteiger partial charge in [0.1, 0.15) is 5.75 Å². The van der Waals surface area contributed by atoms with Gasteiger partial charge in [0.25, 0.3) is 0 Å². The number of esters is 1. The molecule has 0 N–H and O–H groups in total. The van der Waals surface area contributed by atoms with Gasteiger partial charge in [0.15, 0.2) is 0 Å². The molecule has 1 atom stereocenters. The molecule has 1 aromatic carbocycles. The second-order valence-electron chi connectivity index (χ2n) is 4.35. The summed E-state index contributed by atoms with van der Waals surface area (Å²) in [6.07, 6.45) is 1.71. The van der Waals surface area contributed by atoms with E-state index in [1.165, 1.54) is 12.7 Å². The number of carbonyl (C=O) groups is 1. The van der Waals surface area contributed by atoms with E-state index >= 15 is 0 Å². The van der Waals surface area contributed by atoms with Crippen molar-refractivity contribution in [1.29, 1.82) is 0 Å². The minimum absolute atomic E-state index is 0.156. The van der Waals surface area contributed by atoms with Crippen molar-refractivity contribution in [1.82, 2.24) is 0 Å². The summed E-state index contributed by atoms with van der Waals surface area (Å²) in [6, 6.07) is 5.87. The Balaban J connectivity index is 2.44. The molecule has 0 aromatic heterocycles. The van der Waals surface area contributed by atoms with Gasteiger partial charge >= 0.3 is 5.97 Å². The zero-order chi connectivity index (χ0) is 11.8. The van der Waals surface area contributed by atoms with Crippen molar-refractivity contribution in [3.8, 4) is 5.75 Å². The first kappa shape index (κ1) is 11.0. The highest BCUT2D eigenvalue weighted by atomic mass is 16.5. The smallest absolute Gasteiger partial charge is 0.316 e. The first-order chi connectivity index (χ1) is 7.61. The molecule has 3 heteroatoms. The van der Waals surface area contributed by atoms with E-state index in [4.69, 9.17) is 9.47 Å². The number of hydrogen-bond donors (Lipinski definition) is 0. The quantitative estimate of drug-likeness (QED) is 0.716. The van der Waals surface area contributed by atoms with Crippen LogP contribution in [0.25, 0.3) is 0 Å². The minimum atomic E-state index is -0.490. The molecule has 1 aromatic rings. The molecule has 86 valence electrons. The van der Waals surface area contributed by atoms with E-state index in [0.29, 0.717) is 0 Å². The van der Waals surface area contributed by atoms with E-state index in [-0.39, 0.29) is 5.97 Å². The van der Waals surface area contributed by atoms with Crippen LogP contribution in [0.4, 0.5) is 0 Å². The topological polar surface area (TPSA) is 35.5 Å². The summed E-state index contributed by atoms with van der Waals surface area (Å²) < 4.78 is 10.1. The lowest BCUT2D eigenvalue weighted by Crippen LogP contribution is -2.31. The van der Waals surface area contributed by atoms with Crippen molar-refractivity contribution in [2.24, 2.45) is 0 Å². The van der Waals surface area contributed by atoms with Crippen molar-refractivity contribution < 1.29 is 14.3 Å². The summed E-state index contributed by atoms with van der Waals surface area (Å²) in [6.45, 7) is 1.94. The van der Waals surface area contributed by atoms with E-state index in [1.54, 1.807) is 7.11 Å². The summed E-state index contributed by atoms with van der Waals surface area (Å²) >= 11 is 0. The van der Waals surface area contributed by atoms with Gasteiger partial charge in [0.2, 0.25) is 0 Å². The van der Waals surface area contributed by atoms with Gasteiger partial charge in [0, 0.05) is 0 Å². The molecule has 0 saturated carbocycles. The van der Waals surface area contributed by atoms with Crippen molar-refractivity contribution in [3.05, 3.63) is 29.3 Å². The molecule has 1 aliphatic carbocycles. The Bertz CT molecular complexity index is 425. The zero-order valence-corrected chi connectivity index (χ0v) is 9.87. The highest BCUT2D eigenvalue weighted by Crippen LogP contribution is 2.40. The van der Waals surface area contributed by atoms with Gasteiger partial charge in [-0.3, -0.25) is 4.79 Å². The van der Waals surface area contributed by atoms with Gasteiger partial charge in [-0.15, -0.1) is 0 Å². The van der Waals surface area contributed by atoms with E-state index in [1.807, 2.05) is 25.1 Å². The molecule has 0 amide bonds. The van der Waals surface area contributed by atoms with Crippen LogP contribution < -0.4 is 4.74 Å². The van der Waals surface area contributed by atoms with Gasteiger partial charge in [-0.2, -0.15) is 0 Å². The fourth-order valence-corrected chi connectivity index (χ4v) is 2.40. The van der Waals surface area contributed by atoms with Crippen LogP contribution in [0.1, 0.15) is 24.5 Å². The SMILES string of the molecule is COC(=O)[C@]1(C)CCc2cc(OC)ccc21. The molecular formula is C13H16O3. The summed E-state index contributed by atoms with van der Waals surface area (Å²) in [5.41, 5.74) is 1.77. The first-order valence-electron chi connectivity index (χ1n) is 5.37. The predicted molar refractivity (Wildman–Crippen MR) is 60.7 cm³/mol. The Kier molecular flexibility index (Phi) is 2.62. The van der Waals surface area contributed by atoms with E-state index in [0.717, 1.165) is 24.2 Å². The van der Waals surface area contributed by atoms with Crippen LogP contribution in [0.2, 0.25) is 0 Å². The summed E-state index contributed by atoms with van der Waals surface area (Å²) in [5.74, 6) is 0.685. The number of aryl methyl sites for hydroxylation is 1. The lowest BCUT2D eigenvalue weighted by atomic mass is 9.84. The van der Waals surface area contributed by atoms with Gasteiger partial charge in [-0.05, 0) is 43.0 Å². The Morgan fingerprint density at radius 1 is 1.38 bits per heavy atom. The molecule has 2 rings (SSSR count). The van der Waals surface area contributed by atoms with Gasteiger partial charge in [-0.1, -0.05) is 6.07 Å². The second-order valence-corrected chi connectivity index (χ2v) is 4.35. The minimum Gasteiger partial charge on any atom is -0.497 e. The van der Waals surface area contributed by atoms with Crippen molar-refractivity contribution in [3.63, 3.8) is 0 Å². The Morgan fingerprint density at radius 2 is 2.12 bits per heavy atom. The molecule has 0 unspecified atom stereocenters. The molecule has 3 nitrogen and oxygen atoms in total. The maximum Gasteiger partial charge on any atom is 0.316 e. The third-order valence-corrected chi connectivity index (χ3v) is 3.44. The average Bonchev–Trinajstić information content (AvgIpc) is 2.66. The van der Waals surface area contributed by atoms with Crippen LogP contribution in [-0.4, -0.2) is 20.2 Å². The predicted octanol–water partition coefficient (Wildman–Crippen LogP) is 2.07. The standard InChI is InChI=1S/C13H16O3/c1-13(12(14)16-3)7-6-9-8-10(15-2)4-5-11(9)13/h4-5,8H,6-7H2,1-3H3/t13-/m1/s1. The molecule has 0 heterocycles. The molecule has 0 aliphatic heterocycles. The third-order valence-electron chi connectivity index (χ3n) is 3.44. The molecule has 0 fully saturated rings. The van der Waals surface area contributed by atoms with E-state index in [9.17, 15) is 4.79 Å². The molecule has 16 heavy (non-hydrogen) atoms. The molecule has 1 aliphatic rings. The number of hydrogen-bond acceptors (Lipinski definition) is 3. The lowest BCUT2D eigenvalue weighted by Gasteiger charge is -2.22. The first-order valence-corrected chi connectivity index (χ1v) is 5.37. The lowest BCUT2D eigenvalue weighted by molar-refractivity contribution is -0.146. The number of benzene rings is 1. The molecule has 0 bridgehead atoms. The van der Waals surface area contributed by atoms with Crippen molar-refractivity contribution >= 4 is 5.97 Å². The molecular weight excluding hydrogens is 204 g/mol. The average molecular weight is 220 g/mol. The monoisotopic (exact) mass is 220 g/mol. The summed E-state index contributed by atoms with van der Waals surface area (Å²) in [5, 5.41) is 0. The Morgan fingerprint density at radius 3 is 2.75 bits per heavy atom. The maximum absolute atomic E-state index is 11.8. The van der Waals surface area contributed by atoms with Gasteiger partial charge in [-0.25, -0.2) is 0 Å². The number of rotatable bonds is 2. The summed E-state index contributed by atoms with van der Waals surface area (Å²) in [4.78, 5) is 11.8. The number of carbonyl (C=O) groups excluding carboxylic acids is 1. The van der Waals surface area contributed by atoms with Crippen LogP contribution in [-0.2, 0) is 21.4 Å². The fraction of sp³-hybridized carbons (Fsp3) is 0.462. The van der Waals surface area contributed by atoms with Crippen LogP contribution >= 0.6 is 0 Å². The highest BCUT2D eigenvalue weighted by molar-refractivity contribution is 5.84. The van der Waals surface area contributed by atoms with Crippen molar-refractivity contribution in [2.45, 2.75) is 25.2 Å². The molecule has 0 saturated heterocycles. The number of methoxy groups -OCH3 is 2. The molecule has 0 spiro atoms.